The number of nitrogens with one attached hydrogen (secondary N) is 1. The fourth-order valence-electron chi connectivity index (χ4n) is 2.16. The molecule has 1 aromatic carbocycles. The van der Waals surface area contributed by atoms with Gasteiger partial charge in [-0.05, 0) is 38.1 Å². The summed E-state index contributed by atoms with van der Waals surface area (Å²) in [5, 5.41) is 12.1. The number of halogens is 1. The van der Waals surface area contributed by atoms with Gasteiger partial charge in [-0.25, -0.2) is 4.39 Å². The van der Waals surface area contributed by atoms with Crippen LogP contribution in [-0.2, 0) is 0 Å². The average molecular weight is 252 g/mol. The smallest absolute Gasteiger partial charge is 0.258 e. The summed E-state index contributed by atoms with van der Waals surface area (Å²) in [6.07, 6.45) is 2.39. The van der Waals surface area contributed by atoms with Crippen LogP contribution >= 0.6 is 0 Å². The lowest BCUT2D eigenvalue weighted by Crippen LogP contribution is -2.33. The van der Waals surface area contributed by atoms with Crippen molar-refractivity contribution in [2.24, 2.45) is 0 Å². The number of rotatable bonds is 4. The maximum Gasteiger partial charge on any atom is 0.258 e. The van der Waals surface area contributed by atoms with Crippen LogP contribution in [0.1, 0.15) is 23.2 Å². The van der Waals surface area contributed by atoms with Crippen molar-refractivity contribution in [1.29, 1.82) is 0 Å². The molecule has 18 heavy (non-hydrogen) atoms. The van der Waals surface area contributed by atoms with E-state index in [9.17, 15) is 14.3 Å². The molecule has 98 valence electrons. The van der Waals surface area contributed by atoms with E-state index in [-0.39, 0.29) is 11.3 Å². The number of aromatic hydroxyl groups is 1. The van der Waals surface area contributed by atoms with Crippen molar-refractivity contribution >= 4 is 5.91 Å². The second-order valence-corrected chi connectivity index (χ2v) is 4.44. The fraction of sp³-hybridized carbons (Fsp3) is 0.462. The lowest BCUT2D eigenvalue weighted by molar-refractivity contribution is 0.0943. The first-order valence-electron chi connectivity index (χ1n) is 6.16. The van der Waals surface area contributed by atoms with Crippen molar-refractivity contribution in [3.05, 3.63) is 29.6 Å². The van der Waals surface area contributed by atoms with Gasteiger partial charge in [0.1, 0.15) is 17.1 Å². The molecule has 0 bridgehead atoms. The number of benzene rings is 1. The molecular weight excluding hydrogens is 235 g/mol. The Morgan fingerprint density at radius 3 is 2.78 bits per heavy atom. The van der Waals surface area contributed by atoms with Gasteiger partial charge in [-0.1, -0.05) is 6.07 Å². The van der Waals surface area contributed by atoms with Crippen LogP contribution in [-0.4, -0.2) is 42.1 Å². The predicted octanol–water partition coefficient (Wildman–Crippen LogP) is 1.36. The summed E-state index contributed by atoms with van der Waals surface area (Å²) in [6.45, 7) is 3.34. The van der Waals surface area contributed by atoms with Crippen LogP contribution < -0.4 is 5.32 Å². The van der Waals surface area contributed by atoms with Crippen molar-refractivity contribution in [3.8, 4) is 5.75 Å². The van der Waals surface area contributed by atoms with Crippen LogP contribution in [0, 0.1) is 5.82 Å². The Balaban J connectivity index is 1.87. The number of phenols is 1. The second kappa shape index (κ2) is 5.82. The van der Waals surface area contributed by atoms with E-state index in [1.54, 1.807) is 0 Å². The van der Waals surface area contributed by atoms with Gasteiger partial charge in [0.2, 0.25) is 0 Å². The molecule has 1 saturated heterocycles. The number of hydrogen-bond acceptors (Lipinski definition) is 3. The van der Waals surface area contributed by atoms with Gasteiger partial charge in [0.05, 0.1) is 0 Å². The number of carbonyl (C=O) groups is 1. The Hall–Kier alpha value is -1.62. The molecular formula is C13H17FN2O2. The highest BCUT2D eigenvalue weighted by Gasteiger charge is 2.16. The van der Waals surface area contributed by atoms with Crippen molar-refractivity contribution in [2.75, 3.05) is 26.2 Å². The van der Waals surface area contributed by atoms with E-state index in [0.29, 0.717) is 6.54 Å². The molecule has 5 heteroatoms. The minimum absolute atomic E-state index is 0.279. The Bertz CT molecular complexity index is 411. The summed E-state index contributed by atoms with van der Waals surface area (Å²) in [4.78, 5) is 14.0. The minimum atomic E-state index is -0.700. The van der Waals surface area contributed by atoms with Gasteiger partial charge >= 0.3 is 0 Å². The molecule has 2 rings (SSSR count). The van der Waals surface area contributed by atoms with Gasteiger partial charge in [0.15, 0.2) is 0 Å². The molecule has 1 fully saturated rings. The molecule has 0 spiro atoms. The molecule has 0 aromatic heterocycles. The molecule has 1 aromatic rings. The van der Waals surface area contributed by atoms with Crippen LogP contribution in [0.4, 0.5) is 4.39 Å². The van der Waals surface area contributed by atoms with E-state index < -0.39 is 11.7 Å². The van der Waals surface area contributed by atoms with Gasteiger partial charge in [-0.3, -0.25) is 4.79 Å². The molecule has 0 unspecified atom stereocenters. The molecule has 1 aliphatic rings. The first kappa shape index (κ1) is 12.8. The molecule has 1 aliphatic heterocycles. The highest BCUT2D eigenvalue weighted by Crippen LogP contribution is 2.19. The summed E-state index contributed by atoms with van der Waals surface area (Å²) < 4.78 is 13.4. The summed E-state index contributed by atoms with van der Waals surface area (Å²) >= 11 is 0. The number of phenolic OH excluding ortho intramolecular Hbond substituents is 1. The topological polar surface area (TPSA) is 52.6 Å². The van der Waals surface area contributed by atoms with Crippen molar-refractivity contribution < 1.29 is 14.3 Å². The maximum atomic E-state index is 13.4. The number of carbonyl (C=O) groups excluding carboxylic acids is 1. The third kappa shape index (κ3) is 2.98. The van der Waals surface area contributed by atoms with Crippen LogP contribution in [0.5, 0.6) is 5.75 Å². The Morgan fingerprint density at radius 1 is 1.39 bits per heavy atom. The second-order valence-electron chi connectivity index (χ2n) is 4.44. The van der Waals surface area contributed by atoms with E-state index in [0.717, 1.165) is 25.7 Å². The zero-order chi connectivity index (χ0) is 13.0. The quantitative estimate of drug-likeness (QED) is 0.850. The normalized spacial score (nSPS) is 15.8. The summed E-state index contributed by atoms with van der Waals surface area (Å²) in [5.74, 6) is -1.59. The third-order valence-corrected chi connectivity index (χ3v) is 3.13. The highest BCUT2D eigenvalue weighted by molar-refractivity contribution is 5.97. The van der Waals surface area contributed by atoms with Gasteiger partial charge in [-0.2, -0.15) is 0 Å². The van der Waals surface area contributed by atoms with Crippen LogP contribution in [0.3, 0.4) is 0 Å². The SMILES string of the molecule is O=C(NCCN1CCCC1)c1c(O)cccc1F. The van der Waals surface area contributed by atoms with E-state index >= 15 is 0 Å². The third-order valence-electron chi connectivity index (χ3n) is 3.13. The first-order chi connectivity index (χ1) is 8.68. The molecule has 0 aliphatic carbocycles. The van der Waals surface area contributed by atoms with E-state index in [4.69, 9.17) is 0 Å². The molecule has 4 nitrogen and oxygen atoms in total. The Morgan fingerprint density at radius 2 is 2.11 bits per heavy atom. The Labute approximate surface area is 105 Å². The fourth-order valence-corrected chi connectivity index (χ4v) is 2.16. The lowest BCUT2D eigenvalue weighted by Gasteiger charge is -2.15. The van der Waals surface area contributed by atoms with Crippen molar-refractivity contribution in [1.82, 2.24) is 10.2 Å². The van der Waals surface area contributed by atoms with Gasteiger partial charge in [-0.15, -0.1) is 0 Å². The highest BCUT2D eigenvalue weighted by atomic mass is 19.1. The minimum Gasteiger partial charge on any atom is -0.507 e. The maximum absolute atomic E-state index is 13.4. The van der Waals surface area contributed by atoms with Crippen LogP contribution in [0.25, 0.3) is 0 Å². The van der Waals surface area contributed by atoms with Gasteiger partial charge in [0, 0.05) is 13.1 Å². The average Bonchev–Trinajstić information content (AvgIpc) is 2.82. The number of likely N-dealkylation sites (tertiary alicyclic amines) is 1. The van der Waals surface area contributed by atoms with Gasteiger partial charge < -0.3 is 15.3 Å². The molecule has 2 N–H and O–H groups in total. The van der Waals surface area contributed by atoms with E-state index in [2.05, 4.69) is 10.2 Å². The summed E-state index contributed by atoms with van der Waals surface area (Å²) in [6, 6.07) is 3.83. The van der Waals surface area contributed by atoms with Crippen LogP contribution in [0.2, 0.25) is 0 Å². The zero-order valence-electron chi connectivity index (χ0n) is 10.2. The van der Waals surface area contributed by atoms with E-state index in [1.807, 2.05) is 0 Å². The van der Waals surface area contributed by atoms with Crippen molar-refractivity contribution in [3.63, 3.8) is 0 Å². The predicted molar refractivity (Wildman–Crippen MR) is 66.1 cm³/mol. The Kier molecular flexibility index (Phi) is 4.15. The van der Waals surface area contributed by atoms with Crippen LogP contribution in [0.15, 0.2) is 18.2 Å². The molecule has 1 heterocycles. The number of nitrogens with zero attached hydrogens (tertiary/aromatic N) is 1. The molecule has 1 amide bonds. The van der Waals surface area contributed by atoms with Gasteiger partial charge in [0.25, 0.3) is 5.91 Å². The number of hydrogen-bond donors (Lipinski definition) is 2. The van der Waals surface area contributed by atoms with Crippen molar-refractivity contribution in [2.45, 2.75) is 12.8 Å². The number of amides is 1. The first-order valence-corrected chi connectivity index (χ1v) is 6.16. The molecule has 0 atom stereocenters. The summed E-state index contributed by atoms with van der Waals surface area (Å²) in [5.41, 5.74) is -0.279. The monoisotopic (exact) mass is 252 g/mol. The molecule has 0 saturated carbocycles. The summed E-state index contributed by atoms with van der Waals surface area (Å²) in [7, 11) is 0. The largest absolute Gasteiger partial charge is 0.507 e. The lowest BCUT2D eigenvalue weighted by atomic mass is 10.1. The zero-order valence-corrected chi connectivity index (χ0v) is 10.2. The van der Waals surface area contributed by atoms with E-state index in [1.165, 1.54) is 25.0 Å². The standard InChI is InChI=1S/C13H17FN2O2/c14-10-4-3-5-11(17)12(10)13(18)15-6-9-16-7-1-2-8-16/h3-5,17H,1-2,6-9H2,(H,15,18). The molecule has 0 radical (unpaired) electrons.